The smallest absolute Gasteiger partial charge is 0.347 e. The van der Waals surface area contributed by atoms with Gasteiger partial charge in [-0.3, -0.25) is 9.59 Å². The molecule has 0 saturated heterocycles. The van der Waals surface area contributed by atoms with Gasteiger partial charge in [0.05, 0.1) is 32.5 Å². The van der Waals surface area contributed by atoms with E-state index in [-0.39, 0.29) is 38.0 Å². The van der Waals surface area contributed by atoms with E-state index < -0.39 is 32.8 Å². The van der Waals surface area contributed by atoms with Crippen molar-refractivity contribution in [2.75, 3.05) is 5.32 Å². The normalized spacial score (nSPS) is 14.7. The largest absolute Gasteiger partial charge is 0.488 e. The lowest BCUT2D eigenvalue weighted by Crippen LogP contribution is -2.23. The van der Waals surface area contributed by atoms with E-state index in [4.69, 9.17) is 0 Å². The predicted molar refractivity (Wildman–Crippen MR) is 103 cm³/mol. The number of carbonyl (C=O) groups is 2. The summed E-state index contributed by atoms with van der Waals surface area (Å²) in [6.45, 7) is -0.163. The molecule has 0 fully saturated rings. The number of halogens is 3. The molecule has 2 aromatic carbocycles. The van der Waals surface area contributed by atoms with Crippen LogP contribution in [-0.2, 0) is 22.6 Å². The van der Waals surface area contributed by atoms with E-state index in [1.165, 1.54) is 42.5 Å². The number of aromatic nitrogens is 1. The van der Waals surface area contributed by atoms with Gasteiger partial charge in [-0.1, -0.05) is 23.5 Å². The van der Waals surface area contributed by atoms with Crippen molar-refractivity contribution in [3.63, 3.8) is 0 Å². The first-order valence-electron chi connectivity index (χ1n) is 8.72. The Labute approximate surface area is 177 Å². The Balaban J connectivity index is 1.59. The van der Waals surface area contributed by atoms with Gasteiger partial charge >= 0.3 is 11.2 Å². The minimum Gasteiger partial charge on any atom is -0.347 e. The average Bonchev–Trinajstić information content (AvgIpc) is 3.18. The molecular formula is C19H13F3N3O4S2+. The molecule has 2 amide bonds. The summed E-state index contributed by atoms with van der Waals surface area (Å²) in [5, 5.41) is 4.08. The second kappa shape index (κ2) is 7.46. The first kappa shape index (κ1) is 21.0. The van der Waals surface area contributed by atoms with Gasteiger partial charge in [-0.2, -0.15) is 18.2 Å². The Morgan fingerprint density at radius 2 is 1.87 bits per heavy atom. The van der Waals surface area contributed by atoms with E-state index in [1.54, 1.807) is 0 Å². The highest BCUT2D eigenvalue weighted by Gasteiger charge is 2.40. The van der Waals surface area contributed by atoms with Gasteiger partial charge in [-0.25, -0.2) is 8.42 Å². The number of sulfone groups is 1. The number of hydrogen-bond acceptors (Lipinski definition) is 5. The van der Waals surface area contributed by atoms with Crippen molar-refractivity contribution < 1.29 is 36.2 Å². The third-order valence-corrected chi connectivity index (χ3v) is 7.43. The summed E-state index contributed by atoms with van der Waals surface area (Å²) in [6, 6.07) is 9.45. The lowest BCUT2D eigenvalue weighted by Gasteiger charge is -2.09. The molecular weight excluding hydrogens is 455 g/mol. The summed E-state index contributed by atoms with van der Waals surface area (Å²) < 4.78 is 63.9. The molecule has 7 nitrogen and oxygen atoms in total. The van der Waals surface area contributed by atoms with Gasteiger partial charge < -0.3 is 10.6 Å². The Bertz CT molecular complexity index is 1320. The van der Waals surface area contributed by atoms with Gasteiger partial charge in [0.2, 0.25) is 9.84 Å². The van der Waals surface area contributed by atoms with E-state index in [1.807, 2.05) is 0 Å². The second-order valence-electron chi connectivity index (χ2n) is 6.53. The van der Waals surface area contributed by atoms with Gasteiger partial charge in [0.1, 0.15) is 0 Å². The molecule has 2 heterocycles. The quantitative estimate of drug-likeness (QED) is 0.617. The van der Waals surface area contributed by atoms with Crippen molar-refractivity contribution in [1.82, 2.24) is 5.32 Å². The number of carbonyl (C=O) groups excluding carboxylic acids is 2. The average molecular weight is 468 g/mol. The van der Waals surface area contributed by atoms with Crippen LogP contribution in [-0.4, -0.2) is 20.2 Å². The molecule has 1 aliphatic heterocycles. The molecule has 0 spiro atoms. The molecule has 12 heteroatoms. The van der Waals surface area contributed by atoms with Crippen molar-refractivity contribution in [3.05, 3.63) is 69.7 Å². The predicted octanol–water partition coefficient (Wildman–Crippen LogP) is 2.91. The third kappa shape index (κ3) is 3.91. The maximum atomic E-state index is 12.9. The maximum absolute atomic E-state index is 12.9. The van der Waals surface area contributed by atoms with Crippen LogP contribution in [0.4, 0.5) is 18.9 Å². The number of benzene rings is 2. The number of aromatic amines is 1. The van der Waals surface area contributed by atoms with E-state index >= 15 is 0 Å². The standard InChI is InChI=1S/C19H12F3N3O4S2/c20-19(21,22)18-24-9-11(30-18)8-23-16(26)10-5-6-15-13(7-10)25-17(27)12-3-1-2-4-14(12)31(15,28)29/h1-7,9H,8H2,(H,23,26)(H,25,27)/p+1. The summed E-state index contributed by atoms with van der Waals surface area (Å²) in [7, 11) is -4.00. The van der Waals surface area contributed by atoms with Crippen molar-refractivity contribution in [2.45, 2.75) is 22.5 Å². The molecule has 160 valence electrons. The number of anilines is 1. The molecule has 31 heavy (non-hydrogen) atoms. The van der Waals surface area contributed by atoms with E-state index in [0.717, 1.165) is 6.20 Å². The Kier molecular flexibility index (Phi) is 5.06. The maximum Gasteiger partial charge on any atom is 0.488 e. The van der Waals surface area contributed by atoms with E-state index in [0.29, 0.717) is 11.3 Å². The molecule has 0 radical (unpaired) electrons. The van der Waals surface area contributed by atoms with E-state index in [2.05, 4.69) is 15.6 Å². The number of H-pyrrole nitrogens is 1. The molecule has 0 aliphatic carbocycles. The van der Waals surface area contributed by atoms with Crippen molar-refractivity contribution >= 4 is 38.7 Å². The fourth-order valence-corrected chi connectivity index (χ4v) is 5.38. The number of fused-ring (bicyclic) bond motifs is 2. The van der Waals surface area contributed by atoms with Gasteiger partial charge in [-0.05, 0) is 30.3 Å². The van der Waals surface area contributed by atoms with Crippen LogP contribution >= 0.6 is 11.3 Å². The van der Waals surface area contributed by atoms with Crippen LogP contribution in [0.25, 0.3) is 0 Å². The van der Waals surface area contributed by atoms with Gasteiger partial charge in [0.15, 0.2) is 6.20 Å². The molecule has 0 saturated carbocycles. The van der Waals surface area contributed by atoms with Gasteiger partial charge in [0, 0.05) is 5.56 Å². The molecule has 0 bridgehead atoms. The summed E-state index contributed by atoms with van der Waals surface area (Å²) in [4.78, 5) is 27.0. The highest BCUT2D eigenvalue weighted by molar-refractivity contribution is 7.91. The first-order valence-corrected chi connectivity index (χ1v) is 11.0. The number of hydrogen-bond donors (Lipinski definition) is 2. The van der Waals surface area contributed by atoms with Crippen molar-refractivity contribution in [1.29, 1.82) is 0 Å². The molecule has 3 N–H and O–H groups in total. The number of alkyl halides is 3. The molecule has 0 unspecified atom stereocenters. The van der Waals surface area contributed by atoms with Gasteiger partial charge in [-0.15, -0.1) is 0 Å². The van der Waals surface area contributed by atoms with Crippen LogP contribution in [0.2, 0.25) is 0 Å². The molecule has 1 aliphatic rings. The molecule has 3 aromatic rings. The number of thiazole rings is 1. The molecule has 0 atom stereocenters. The number of amides is 2. The summed E-state index contributed by atoms with van der Waals surface area (Å²) >= 11 is 0.464. The monoisotopic (exact) mass is 468 g/mol. The number of nitrogens with one attached hydrogen (secondary N) is 3. The Hall–Kier alpha value is -3.25. The zero-order chi connectivity index (χ0) is 22.4. The Morgan fingerprint density at radius 3 is 2.58 bits per heavy atom. The fraction of sp³-hybridized carbons (Fsp3) is 0.105. The molecule has 4 rings (SSSR count). The third-order valence-electron chi connectivity index (χ3n) is 4.48. The lowest BCUT2D eigenvalue weighted by atomic mass is 10.1. The minimum absolute atomic E-state index is 0.0147. The van der Waals surface area contributed by atoms with Crippen molar-refractivity contribution in [2.24, 2.45) is 0 Å². The van der Waals surface area contributed by atoms with Crippen LogP contribution < -0.4 is 15.6 Å². The zero-order valence-corrected chi connectivity index (χ0v) is 17.0. The Morgan fingerprint density at radius 1 is 1.13 bits per heavy atom. The summed E-state index contributed by atoms with van der Waals surface area (Å²) in [5.74, 6) is -1.28. The minimum atomic E-state index is -4.51. The first-order chi connectivity index (χ1) is 14.6. The summed E-state index contributed by atoms with van der Waals surface area (Å²) in [5.41, 5.74) is -0.0337. The topological polar surface area (TPSA) is 106 Å². The highest BCUT2D eigenvalue weighted by Crippen LogP contribution is 2.34. The van der Waals surface area contributed by atoms with Crippen LogP contribution in [0.1, 0.15) is 30.6 Å². The van der Waals surface area contributed by atoms with Gasteiger partial charge in [0.25, 0.3) is 11.8 Å². The highest BCUT2D eigenvalue weighted by atomic mass is 32.2. The van der Waals surface area contributed by atoms with Crippen LogP contribution in [0.3, 0.4) is 0 Å². The van der Waals surface area contributed by atoms with E-state index in [9.17, 15) is 31.2 Å². The second-order valence-corrected chi connectivity index (χ2v) is 9.55. The lowest BCUT2D eigenvalue weighted by molar-refractivity contribution is -0.417. The molecule has 1 aromatic heterocycles. The van der Waals surface area contributed by atoms with Crippen LogP contribution in [0, 0.1) is 0 Å². The fourth-order valence-electron chi connectivity index (χ4n) is 3.03. The van der Waals surface area contributed by atoms with Crippen LogP contribution in [0.5, 0.6) is 0 Å². The zero-order valence-electron chi connectivity index (χ0n) is 15.4. The number of rotatable bonds is 3. The van der Waals surface area contributed by atoms with Crippen LogP contribution in [0.15, 0.2) is 58.5 Å². The summed E-state index contributed by atoms with van der Waals surface area (Å²) in [6.07, 6.45) is -3.36. The van der Waals surface area contributed by atoms with Crippen molar-refractivity contribution in [3.8, 4) is 0 Å². The SMILES string of the molecule is O=C(NCc1c[nH+]c(C(F)(F)F)s1)c1ccc2c(c1)NC(=O)c1ccccc1S2(=O)=O.